The standard InChI is InChI=1S/C14H22N6O/c1-3-12-16-14(18-17-12)11-9-19(7-8-21-11)10-13-15-5-6-20(13)4-2/h5-6,11H,3-4,7-10H2,1-2H3,(H,16,17,18)/t11-/m1/s1. The van der Waals surface area contributed by atoms with Gasteiger partial charge in [-0.25, -0.2) is 9.97 Å². The molecule has 0 unspecified atom stereocenters. The number of H-pyrrole nitrogens is 1. The van der Waals surface area contributed by atoms with Gasteiger partial charge < -0.3 is 9.30 Å². The van der Waals surface area contributed by atoms with Gasteiger partial charge in [-0.05, 0) is 6.92 Å². The first-order valence-corrected chi connectivity index (χ1v) is 7.55. The lowest BCUT2D eigenvalue weighted by Gasteiger charge is -2.31. The van der Waals surface area contributed by atoms with Crippen LogP contribution in [0.25, 0.3) is 0 Å². The largest absolute Gasteiger partial charge is 0.367 e. The van der Waals surface area contributed by atoms with Gasteiger partial charge in [0.2, 0.25) is 0 Å². The fourth-order valence-corrected chi connectivity index (χ4v) is 2.59. The highest BCUT2D eigenvalue weighted by atomic mass is 16.5. The Morgan fingerprint density at radius 1 is 1.43 bits per heavy atom. The predicted molar refractivity (Wildman–Crippen MR) is 77.6 cm³/mol. The van der Waals surface area contributed by atoms with Crippen molar-refractivity contribution < 1.29 is 4.74 Å². The Balaban J connectivity index is 1.65. The predicted octanol–water partition coefficient (Wildman–Crippen LogP) is 1.16. The second kappa shape index (κ2) is 6.36. The topological polar surface area (TPSA) is 71.9 Å². The smallest absolute Gasteiger partial charge is 0.180 e. The maximum Gasteiger partial charge on any atom is 0.180 e. The first-order chi connectivity index (χ1) is 10.3. The van der Waals surface area contributed by atoms with E-state index < -0.39 is 0 Å². The first-order valence-electron chi connectivity index (χ1n) is 7.55. The van der Waals surface area contributed by atoms with E-state index in [-0.39, 0.29) is 6.10 Å². The van der Waals surface area contributed by atoms with E-state index in [1.807, 2.05) is 12.4 Å². The Labute approximate surface area is 124 Å². The van der Waals surface area contributed by atoms with Crippen LogP contribution in [-0.4, -0.2) is 49.3 Å². The van der Waals surface area contributed by atoms with Gasteiger partial charge >= 0.3 is 0 Å². The molecule has 0 bridgehead atoms. The zero-order chi connectivity index (χ0) is 14.7. The molecule has 1 fully saturated rings. The zero-order valence-electron chi connectivity index (χ0n) is 12.6. The molecule has 3 heterocycles. The molecule has 0 aromatic carbocycles. The molecular weight excluding hydrogens is 268 g/mol. The Morgan fingerprint density at radius 3 is 3.10 bits per heavy atom. The number of hydrogen-bond acceptors (Lipinski definition) is 5. The highest BCUT2D eigenvalue weighted by Gasteiger charge is 2.25. The molecule has 0 amide bonds. The van der Waals surface area contributed by atoms with Gasteiger partial charge in [-0.1, -0.05) is 6.92 Å². The summed E-state index contributed by atoms with van der Waals surface area (Å²) in [6.45, 7) is 8.40. The molecule has 0 spiro atoms. The minimum Gasteiger partial charge on any atom is -0.367 e. The number of nitrogens with one attached hydrogen (secondary N) is 1. The third kappa shape index (κ3) is 3.14. The average molecular weight is 290 g/mol. The van der Waals surface area contributed by atoms with Crippen molar-refractivity contribution in [1.82, 2.24) is 29.6 Å². The number of morpholine rings is 1. The number of ether oxygens (including phenoxy) is 1. The van der Waals surface area contributed by atoms with Crippen LogP contribution < -0.4 is 0 Å². The van der Waals surface area contributed by atoms with Gasteiger partial charge in [0, 0.05) is 38.4 Å². The van der Waals surface area contributed by atoms with Crippen LogP contribution in [0.4, 0.5) is 0 Å². The van der Waals surface area contributed by atoms with Crippen molar-refractivity contribution in [2.45, 2.75) is 39.5 Å². The summed E-state index contributed by atoms with van der Waals surface area (Å²) in [5.41, 5.74) is 0. The van der Waals surface area contributed by atoms with Crippen molar-refractivity contribution in [3.63, 3.8) is 0 Å². The van der Waals surface area contributed by atoms with Crippen LogP contribution in [0.1, 0.15) is 37.4 Å². The highest BCUT2D eigenvalue weighted by molar-refractivity contribution is 4.98. The van der Waals surface area contributed by atoms with Crippen molar-refractivity contribution in [2.75, 3.05) is 19.7 Å². The molecule has 2 aromatic rings. The maximum absolute atomic E-state index is 5.81. The fourth-order valence-electron chi connectivity index (χ4n) is 2.59. The highest BCUT2D eigenvalue weighted by Crippen LogP contribution is 2.20. The van der Waals surface area contributed by atoms with Crippen molar-refractivity contribution in [3.8, 4) is 0 Å². The number of imidazole rings is 1. The first kappa shape index (κ1) is 14.2. The minimum absolute atomic E-state index is 0.0552. The van der Waals surface area contributed by atoms with E-state index >= 15 is 0 Å². The van der Waals surface area contributed by atoms with Crippen molar-refractivity contribution in [2.24, 2.45) is 0 Å². The van der Waals surface area contributed by atoms with Crippen LogP contribution in [0.5, 0.6) is 0 Å². The van der Waals surface area contributed by atoms with Crippen molar-refractivity contribution >= 4 is 0 Å². The van der Waals surface area contributed by atoms with Crippen LogP contribution >= 0.6 is 0 Å². The zero-order valence-corrected chi connectivity index (χ0v) is 12.6. The molecule has 1 aliphatic heterocycles. The van der Waals surface area contributed by atoms with E-state index in [1.54, 1.807) is 0 Å². The summed E-state index contributed by atoms with van der Waals surface area (Å²) in [4.78, 5) is 11.3. The molecule has 1 saturated heterocycles. The van der Waals surface area contributed by atoms with Crippen LogP contribution in [0.15, 0.2) is 12.4 Å². The quantitative estimate of drug-likeness (QED) is 0.894. The molecule has 0 radical (unpaired) electrons. The lowest BCUT2D eigenvalue weighted by atomic mass is 10.2. The number of nitrogens with zero attached hydrogens (tertiary/aromatic N) is 5. The van der Waals surface area contributed by atoms with Gasteiger partial charge in [0.25, 0.3) is 0 Å². The third-order valence-corrected chi connectivity index (χ3v) is 3.83. The molecule has 0 aliphatic carbocycles. The monoisotopic (exact) mass is 290 g/mol. The van der Waals surface area contributed by atoms with Gasteiger partial charge in [-0.2, -0.15) is 5.10 Å². The number of rotatable bonds is 5. The molecule has 21 heavy (non-hydrogen) atoms. The SMILES string of the molecule is CCc1nc([C@H]2CN(Cc3nccn3CC)CCO2)n[nH]1. The number of aromatic nitrogens is 5. The van der Waals surface area contributed by atoms with Gasteiger partial charge in [0.05, 0.1) is 13.2 Å². The average Bonchev–Trinajstić information content (AvgIpc) is 3.16. The van der Waals surface area contributed by atoms with Gasteiger partial charge in [-0.3, -0.25) is 10.00 Å². The van der Waals surface area contributed by atoms with Gasteiger partial charge in [0.15, 0.2) is 5.82 Å². The second-order valence-corrected chi connectivity index (χ2v) is 5.22. The summed E-state index contributed by atoms with van der Waals surface area (Å²) >= 11 is 0. The summed E-state index contributed by atoms with van der Waals surface area (Å²) in [7, 11) is 0. The third-order valence-electron chi connectivity index (χ3n) is 3.83. The minimum atomic E-state index is -0.0552. The van der Waals surface area contributed by atoms with E-state index in [1.165, 1.54) is 0 Å². The molecule has 0 saturated carbocycles. The summed E-state index contributed by atoms with van der Waals surface area (Å²) < 4.78 is 7.99. The van der Waals surface area contributed by atoms with Crippen molar-refractivity contribution in [1.29, 1.82) is 0 Å². The van der Waals surface area contributed by atoms with Gasteiger partial charge in [0.1, 0.15) is 17.8 Å². The summed E-state index contributed by atoms with van der Waals surface area (Å²) in [6, 6.07) is 0. The Hall–Kier alpha value is -1.73. The number of hydrogen-bond donors (Lipinski definition) is 1. The second-order valence-electron chi connectivity index (χ2n) is 5.22. The molecule has 2 aromatic heterocycles. The van der Waals surface area contributed by atoms with E-state index in [0.717, 1.165) is 50.1 Å². The van der Waals surface area contributed by atoms with E-state index in [0.29, 0.717) is 6.61 Å². The van der Waals surface area contributed by atoms with E-state index in [2.05, 4.69) is 43.5 Å². The molecule has 1 atom stereocenters. The molecule has 114 valence electrons. The molecule has 7 nitrogen and oxygen atoms in total. The van der Waals surface area contributed by atoms with Gasteiger partial charge in [-0.15, -0.1) is 0 Å². The molecule has 1 aliphatic rings. The normalized spacial score (nSPS) is 20.0. The fraction of sp³-hybridized carbons (Fsp3) is 0.643. The molecule has 3 rings (SSSR count). The number of aryl methyl sites for hydroxylation is 2. The van der Waals surface area contributed by atoms with Crippen LogP contribution in [0.3, 0.4) is 0 Å². The Morgan fingerprint density at radius 2 is 2.33 bits per heavy atom. The van der Waals surface area contributed by atoms with E-state index in [4.69, 9.17) is 4.74 Å². The van der Waals surface area contributed by atoms with Crippen LogP contribution in [-0.2, 0) is 24.2 Å². The number of aromatic amines is 1. The molecule has 7 heteroatoms. The van der Waals surface area contributed by atoms with E-state index in [9.17, 15) is 0 Å². The van der Waals surface area contributed by atoms with Crippen molar-refractivity contribution in [3.05, 3.63) is 29.9 Å². The molecule has 1 N–H and O–H groups in total. The van der Waals surface area contributed by atoms with Crippen LogP contribution in [0, 0.1) is 0 Å². The summed E-state index contributed by atoms with van der Waals surface area (Å²) in [5.74, 6) is 2.77. The summed E-state index contributed by atoms with van der Waals surface area (Å²) in [5, 5.41) is 7.22. The lowest BCUT2D eigenvalue weighted by molar-refractivity contribution is -0.0380. The Kier molecular flexibility index (Phi) is 4.31. The lowest BCUT2D eigenvalue weighted by Crippen LogP contribution is -2.38. The van der Waals surface area contributed by atoms with Crippen LogP contribution in [0.2, 0.25) is 0 Å². The summed E-state index contributed by atoms with van der Waals surface area (Å²) in [6.07, 6.45) is 4.69. The molecular formula is C14H22N6O. The maximum atomic E-state index is 5.81. The Bertz CT molecular complexity index is 578.